The lowest BCUT2D eigenvalue weighted by Crippen LogP contribution is -2.29. The zero-order chi connectivity index (χ0) is 17.9. The average Bonchev–Trinajstić information content (AvgIpc) is 2.99. The van der Waals surface area contributed by atoms with Crippen molar-refractivity contribution in [2.45, 2.75) is 25.7 Å². The van der Waals surface area contributed by atoms with Gasteiger partial charge in [-0.2, -0.15) is 0 Å². The molecule has 5 nitrogen and oxygen atoms in total. The Morgan fingerprint density at radius 3 is 2.56 bits per heavy atom. The summed E-state index contributed by atoms with van der Waals surface area (Å²) in [6.45, 7) is 4.18. The van der Waals surface area contributed by atoms with Gasteiger partial charge in [0.15, 0.2) is 5.78 Å². The van der Waals surface area contributed by atoms with Gasteiger partial charge in [-0.15, -0.1) is 0 Å². The van der Waals surface area contributed by atoms with Gasteiger partial charge < -0.3 is 4.74 Å². The number of nitro benzene ring substituents is 1. The minimum Gasteiger partial charge on any atom is -0.497 e. The van der Waals surface area contributed by atoms with Crippen molar-refractivity contribution in [3.63, 3.8) is 0 Å². The predicted octanol–water partition coefficient (Wildman–Crippen LogP) is 4.09. The Morgan fingerprint density at radius 1 is 1.12 bits per heavy atom. The molecule has 2 aliphatic rings. The third-order valence-corrected chi connectivity index (χ3v) is 5.37. The molecule has 0 fully saturated rings. The van der Waals surface area contributed by atoms with Crippen molar-refractivity contribution >= 4 is 17.0 Å². The highest BCUT2D eigenvalue weighted by atomic mass is 16.6. The number of fused-ring (bicyclic) bond motifs is 3. The summed E-state index contributed by atoms with van der Waals surface area (Å²) in [6.07, 6.45) is 0.637. The van der Waals surface area contributed by atoms with Gasteiger partial charge in [0, 0.05) is 28.7 Å². The molecule has 0 saturated heterocycles. The number of hydrogen-bond acceptors (Lipinski definition) is 4. The number of non-ortho nitro benzene ring substituents is 1. The molecule has 0 saturated carbocycles. The summed E-state index contributed by atoms with van der Waals surface area (Å²) >= 11 is 0. The number of nitro groups is 1. The van der Waals surface area contributed by atoms with Gasteiger partial charge >= 0.3 is 0 Å². The van der Waals surface area contributed by atoms with Gasteiger partial charge in [-0.1, -0.05) is 19.9 Å². The third-order valence-electron chi connectivity index (χ3n) is 5.37. The van der Waals surface area contributed by atoms with Crippen molar-refractivity contribution < 1.29 is 14.5 Å². The number of methoxy groups -OCH3 is 1. The van der Waals surface area contributed by atoms with Crippen molar-refractivity contribution in [2.24, 2.45) is 0 Å². The maximum atomic E-state index is 13.2. The minimum absolute atomic E-state index is 0.0126. The highest BCUT2D eigenvalue weighted by molar-refractivity contribution is 6.33. The minimum atomic E-state index is -0.421. The second kappa shape index (κ2) is 5.02. The summed E-state index contributed by atoms with van der Waals surface area (Å²) < 4.78 is 5.32. The average molecular weight is 335 g/mol. The standard InChI is InChI=1S/C20H17NO4/c1-20(2)16-10-13(25-3)6-7-14(16)19(22)18-15-9-12(21(23)24)5-4-11(15)8-17(18)20/h4-7,9-10H,8H2,1-3H3. The number of allylic oxidation sites excluding steroid dienone is 2. The molecule has 0 spiro atoms. The van der Waals surface area contributed by atoms with Gasteiger partial charge in [0.25, 0.3) is 5.69 Å². The van der Waals surface area contributed by atoms with Crippen molar-refractivity contribution in [3.8, 4) is 5.75 Å². The molecule has 4 rings (SSSR count). The molecule has 0 unspecified atom stereocenters. The first-order chi connectivity index (χ1) is 11.8. The fourth-order valence-electron chi connectivity index (χ4n) is 3.96. The molecule has 0 heterocycles. The van der Waals surface area contributed by atoms with Crippen LogP contribution < -0.4 is 4.74 Å². The summed E-state index contributed by atoms with van der Waals surface area (Å²) in [5.74, 6) is 0.654. The van der Waals surface area contributed by atoms with Gasteiger partial charge in [-0.05, 0) is 46.9 Å². The lowest BCUT2D eigenvalue weighted by molar-refractivity contribution is -0.384. The quantitative estimate of drug-likeness (QED) is 0.612. The summed E-state index contributed by atoms with van der Waals surface area (Å²) in [7, 11) is 1.61. The number of benzene rings is 2. The normalized spacial score (nSPS) is 17.0. The second-order valence-corrected chi connectivity index (χ2v) is 6.99. The topological polar surface area (TPSA) is 69.4 Å². The molecule has 2 aliphatic carbocycles. The molecule has 0 bridgehead atoms. The van der Waals surface area contributed by atoms with Crippen LogP contribution in [-0.2, 0) is 11.8 Å². The van der Waals surface area contributed by atoms with Crippen LogP contribution in [0.4, 0.5) is 5.69 Å². The highest BCUT2D eigenvalue weighted by Gasteiger charge is 2.43. The smallest absolute Gasteiger partial charge is 0.270 e. The second-order valence-electron chi connectivity index (χ2n) is 6.99. The molecule has 0 aromatic heterocycles. The van der Waals surface area contributed by atoms with E-state index in [4.69, 9.17) is 4.74 Å². The summed E-state index contributed by atoms with van der Waals surface area (Å²) in [5.41, 5.74) is 4.57. The van der Waals surface area contributed by atoms with Crippen molar-refractivity contribution in [1.82, 2.24) is 0 Å². The zero-order valence-corrected chi connectivity index (χ0v) is 14.3. The Hall–Kier alpha value is -2.95. The number of nitrogens with zero attached hydrogens (tertiary/aromatic N) is 1. The van der Waals surface area contributed by atoms with Gasteiger partial charge in [0.2, 0.25) is 0 Å². The van der Waals surface area contributed by atoms with Crippen molar-refractivity contribution in [1.29, 1.82) is 0 Å². The molecule has 25 heavy (non-hydrogen) atoms. The SMILES string of the molecule is COc1ccc2c(c1)C(C)(C)C1=C(C2=O)c2cc([N+](=O)[O-])ccc2C1. The molecular formula is C20H17NO4. The number of carbonyl (C=O) groups is 1. The van der Waals surface area contributed by atoms with Crippen LogP contribution in [0.5, 0.6) is 5.75 Å². The van der Waals surface area contributed by atoms with E-state index in [2.05, 4.69) is 13.8 Å². The van der Waals surface area contributed by atoms with E-state index in [1.165, 1.54) is 12.1 Å². The van der Waals surface area contributed by atoms with Gasteiger partial charge in [0.05, 0.1) is 12.0 Å². The molecule has 0 radical (unpaired) electrons. The molecule has 0 atom stereocenters. The Bertz CT molecular complexity index is 985. The summed E-state index contributed by atoms with van der Waals surface area (Å²) in [5, 5.41) is 11.1. The van der Waals surface area contributed by atoms with Crippen LogP contribution in [-0.4, -0.2) is 17.8 Å². The first kappa shape index (κ1) is 15.6. The van der Waals surface area contributed by atoms with Crippen molar-refractivity contribution in [2.75, 3.05) is 7.11 Å². The van der Waals surface area contributed by atoms with Gasteiger partial charge in [-0.25, -0.2) is 0 Å². The molecule has 2 aromatic carbocycles. The number of carbonyl (C=O) groups excluding carboxylic acids is 1. The first-order valence-corrected chi connectivity index (χ1v) is 8.09. The molecule has 126 valence electrons. The summed E-state index contributed by atoms with van der Waals surface area (Å²) in [4.78, 5) is 23.9. The van der Waals surface area contributed by atoms with E-state index in [9.17, 15) is 14.9 Å². The fraction of sp³-hybridized carbons (Fsp3) is 0.250. The maximum absolute atomic E-state index is 13.2. The Labute approximate surface area is 145 Å². The Morgan fingerprint density at radius 2 is 1.88 bits per heavy atom. The van der Waals surface area contributed by atoms with E-state index in [1.54, 1.807) is 25.3 Å². The van der Waals surface area contributed by atoms with E-state index in [-0.39, 0.29) is 16.9 Å². The molecule has 0 amide bonds. The maximum Gasteiger partial charge on any atom is 0.270 e. The fourth-order valence-corrected chi connectivity index (χ4v) is 3.96. The predicted molar refractivity (Wildman–Crippen MR) is 94.1 cm³/mol. The number of Topliss-reactive ketones (excluding diaryl/α,β-unsaturated/α-hetero) is 1. The largest absolute Gasteiger partial charge is 0.497 e. The lowest BCUT2D eigenvalue weighted by atomic mass is 9.68. The van der Waals surface area contributed by atoms with Crippen LogP contribution >= 0.6 is 0 Å². The summed E-state index contributed by atoms with van der Waals surface area (Å²) in [6, 6.07) is 10.3. The molecule has 0 aliphatic heterocycles. The molecule has 0 N–H and O–H groups in total. The van der Waals surface area contributed by atoms with Crippen LogP contribution in [0.3, 0.4) is 0 Å². The first-order valence-electron chi connectivity index (χ1n) is 8.09. The van der Waals surface area contributed by atoms with Gasteiger partial charge in [-0.3, -0.25) is 14.9 Å². The number of hydrogen-bond donors (Lipinski definition) is 0. The van der Waals surface area contributed by atoms with E-state index in [0.717, 1.165) is 22.4 Å². The van der Waals surface area contributed by atoms with Crippen LogP contribution in [0.15, 0.2) is 42.0 Å². The number of rotatable bonds is 2. The van der Waals surface area contributed by atoms with E-state index >= 15 is 0 Å². The monoisotopic (exact) mass is 335 g/mol. The van der Waals surface area contributed by atoms with E-state index in [1.807, 2.05) is 6.07 Å². The number of ketones is 1. The number of ether oxygens (including phenoxy) is 1. The lowest BCUT2D eigenvalue weighted by Gasteiger charge is -2.34. The Kier molecular flexibility index (Phi) is 3.13. The van der Waals surface area contributed by atoms with E-state index < -0.39 is 4.92 Å². The molecular weight excluding hydrogens is 318 g/mol. The van der Waals surface area contributed by atoms with Crippen LogP contribution in [0.1, 0.15) is 40.9 Å². The van der Waals surface area contributed by atoms with Gasteiger partial charge in [0.1, 0.15) is 5.75 Å². The highest BCUT2D eigenvalue weighted by Crippen LogP contribution is 2.50. The van der Waals surface area contributed by atoms with Crippen molar-refractivity contribution in [3.05, 3.63) is 74.3 Å². The third kappa shape index (κ3) is 2.05. The zero-order valence-electron chi connectivity index (χ0n) is 14.3. The van der Waals surface area contributed by atoms with Crippen LogP contribution in [0.2, 0.25) is 0 Å². The molecule has 5 heteroatoms. The molecule has 2 aromatic rings. The van der Waals surface area contributed by atoms with Crippen LogP contribution in [0, 0.1) is 10.1 Å². The Balaban J connectivity index is 1.95. The van der Waals surface area contributed by atoms with E-state index in [0.29, 0.717) is 23.1 Å². The van der Waals surface area contributed by atoms with Crippen LogP contribution in [0.25, 0.3) is 5.57 Å².